The zero-order valence-corrected chi connectivity index (χ0v) is 12.2. The van der Waals surface area contributed by atoms with Gasteiger partial charge in [-0.2, -0.15) is 18.3 Å². The second-order valence-corrected chi connectivity index (χ2v) is 4.85. The third kappa shape index (κ3) is 3.84. The van der Waals surface area contributed by atoms with Crippen molar-refractivity contribution in [2.24, 2.45) is 0 Å². The lowest BCUT2D eigenvalue weighted by Crippen LogP contribution is -2.10. The number of benzene rings is 1. The van der Waals surface area contributed by atoms with E-state index in [1.165, 1.54) is 24.3 Å². The highest BCUT2D eigenvalue weighted by molar-refractivity contribution is 9.09. The summed E-state index contributed by atoms with van der Waals surface area (Å²) in [5.41, 5.74) is -0.821. The fourth-order valence-corrected chi connectivity index (χ4v) is 1.85. The van der Waals surface area contributed by atoms with Crippen LogP contribution < -0.4 is 10.3 Å². The number of nitrogens with zero attached hydrogens (tertiary/aromatic N) is 1. The third-order valence-electron chi connectivity index (χ3n) is 2.59. The molecule has 0 aliphatic heterocycles. The van der Waals surface area contributed by atoms with Gasteiger partial charge in [-0.15, -0.1) is 0 Å². The van der Waals surface area contributed by atoms with Gasteiger partial charge in [0.2, 0.25) is 0 Å². The average molecular weight is 363 g/mol. The first-order valence-electron chi connectivity index (χ1n) is 5.88. The molecule has 21 heavy (non-hydrogen) atoms. The van der Waals surface area contributed by atoms with Gasteiger partial charge in [-0.3, -0.25) is 4.79 Å². The van der Waals surface area contributed by atoms with Gasteiger partial charge in [0.05, 0.1) is 17.9 Å². The van der Waals surface area contributed by atoms with Gasteiger partial charge in [-0.25, -0.2) is 5.10 Å². The van der Waals surface area contributed by atoms with Crippen LogP contribution in [0.25, 0.3) is 11.3 Å². The summed E-state index contributed by atoms with van der Waals surface area (Å²) in [4.78, 5) is 10.9. The zero-order chi connectivity index (χ0) is 15.5. The Bertz CT molecular complexity index is 665. The molecule has 0 saturated heterocycles. The highest BCUT2D eigenvalue weighted by atomic mass is 79.9. The molecule has 0 atom stereocenters. The van der Waals surface area contributed by atoms with Gasteiger partial charge in [-0.1, -0.05) is 15.9 Å². The molecule has 2 aromatic rings. The maximum atomic E-state index is 13.1. The molecular formula is C13H10BrF3N2O2. The molecule has 0 aliphatic carbocycles. The summed E-state index contributed by atoms with van der Waals surface area (Å²) in [7, 11) is 0. The van der Waals surface area contributed by atoms with Crippen molar-refractivity contribution in [1.29, 1.82) is 0 Å². The SMILES string of the molecule is O=c1ccc(-c2ccc(OCCBr)c(C(F)(F)F)c2)n[nH]1. The van der Waals surface area contributed by atoms with Crippen LogP contribution in [0.1, 0.15) is 5.56 Å². The van der Waals surface area contributed by atoms with Crippen LogP contribution in [0.2, 0.25) is 0 Å². The minimum Gasteiger partial charge on any atom is -0.492 e. The summed E-state index contributed by atoms with van der Waals surface area (Å²) in [5.74, 6) is -0.241. The Kier molecular flexibility index (Phi) is 4.66. The first-order chi connectivity index (χ1) is 9.91. The summed E-state index contributed by atoms with van der Waals surface area (Å²) in [5, 5.41) is 6.32. The number of aromatic amines is 1. The second-order valence-electron chi connectivity index (χ2n) is 4.05. The molecular weight excluding hydrogens is 353 g/mol. The lowest BCUT2D eigenvalue weighted by Gasteiger charge is -2.14. The van der Waals surface area contributed by atoms with Crippen LogP contribution in [0.4, 0.5) is 13.2 Å². The number of hydrogen-bond acceptors (Lipinski definition) is 3. The molecule has 0 unspecified atom stereocenters. The Labute approximate surface area is 126 Å². The Morgan fingerprint density at radius 3 is 2.57 bits per heavy atom. The fourth-order valence-electron chi connectivity index (χ4n) is 1.69. The second kappa shape index (κ2) is 6.30. The largest absolute Gasteiger partial charge is 0.492 e. The molecule has 1 aromatic heterocycles. The molecule has 1 aromatic carbocycles. The maximum absolute atomic E-state index is 13.1. The minimum absolute atomic E-state index is 0.124. The first kappa shape index (κ1) is 15.6. The van der Waals surface area contributed by atoms with Crippen molar-refractivity contribution in [3.8, 4) is 17.0 Å². The number of rotatable bonds is 4. The molecule has 112 valence electrons. The van der Waals surface area contributed by atoms with Crippen molar-refractivity contribution >= 4 is 15.9 Å². The number of hydrogen-bond donors (Lipinski definition) is 1. The molecule has 1 heterocycles. The van der Waals surface area contributed by atoms with Crippen molar-refractivity contribution in [2.45, 2.75) is 6.18 Å². The highest BCUT2D eigenvalue weighted by Gasteiger charge is 2.34. The molecule has 1 N–H and O–H groups in total. The van der Waals surface area contributed by atoms with Crippen molar-refractivity contribution in [1.82, 2.24) is 10.2 Å². The summed E-state index contributed by atoms with van der Waals surface area (Å²) >= 11 is 3.09. The zero-order valence-electron chi connectivity index (χ0n) is 10.6. The van der Waals surface area contributed by atoms with Crippen molar-refractivity contribution in [3.63, 3.8) is 0 Å². The number of halogens is 4. The van der Waals surface area contributed by atoms with E-state index in [4.69, 9.17) is 4.74 Å². The van der Waals surface area contributed by atoms with Gasteiger partial charge in [0, 0.05) is 17.0 Å². The predicted octanol–water partition coefficient (Wildman–Crippen LogP) is 3.23. The summed E-state index contributed by atoms with van der Waals surface area (Å²) in [6.45, 7) is 0.124. The third-order valence-corrected chi connectivity index (χ3v) is 2.92. The normalized spacial score (nSPS) is 11.4. The molecule has 0 saturated carbocycles. The van der Waals surface area contributed by atoms with Crippen molar-refractivity contribution in [2.75, 3.05) is 11.9 Å². The van der Waals surface area contributed by atoms with Crippen molar-refractivity contribution < 1.29 is 17.9 Å². The van der Waals surface area contributed by atoms with Crippen LogP contribution in [-0.4, -0.2) is 22.1 Å². The molecule has 0 spiro atoms. The summed E-state index contributed by atoms with van der Waals surface area (Å²) in [6.07, 6.45) is -4.54. The summed E-state index contributed by atoms with van der Waals surface area (Å²) < 4.78 is 44.3. The van der Waals surface area contributed by atoms with Crippen LogP contribution in [0.3, 0.4) is 0 Å². The molecule has 2 rings (SSSR count). The molecule has 0 fully saturated rings. The molecule has 4 nitrogen and oxygen atoms in total. The van der Waals surface area contributed by atoms with Gasteiger partial charge in [-0.05, 0) is 24.3 Å². The summed E-state index contributed by atoms with van der Waals surface area (Å²) in [6, 6.07) is 6.20. The fraction of sp³-hybridized carbons (Fsp3) is 0.231. The molecule has 0 aliphatic rings. The van der Waals surface area contributed by atoms with Gasteiger partial charge in [0.1, 0.15) is 5.75 Å². The van der Waals surface area contributed by atoms with E-state index in [1.54, 1.807) is 0 Å². The Morgan fingerprint density at radius 1 is 1.24 bits per heavy atom. The van der Waals surface area contributed by atoms with Crippen molar-refractivity contribution in [3.05, 3.63) is 46.2 Å². The van der Waals surface area contributed by atoms with Gasteiger partial charge in [0.15, 0.2) is 0 Å². The minimum atomic E-state index is -4.54. The number of nitrogens with one attached hydrogen (secondary N) is 1. The highest BCUT2D eigenvalue weighted by Crippen LogP contribution is 2.38. The standard InChI is InChI=1S/C13H10BrF3N2O2/c14-5-6-21-11-3-1-8(7-9(11)13(15,16)17)10-2-4-12(20)19-18-10/h1-4,7H,5-6H2,(H,19,20). The van der Waals surface area contributed by atoms with E-state index in [9.17, 15) is 18.0 Å². The molecule has 8 heteroatoms. The number of alkyl halides is 4. The van der Waals surface area contributed by atoms with Crippen LogP contribution in [0, 0.1) is 0 Å². The average Bonchev–Trinajstić information content (AvgIpc) is 2.45. The monoisotopic (exact) mass is 362 g/mol. The first-order valence-corrected chi connectivity index (χ1v) is 7.00. The van der Waals surface area contributed by atoms with Gasteiger partial charge in [0.25, 0.3) is 5.56 Å². The Balaban J connectivity index is 2.46. The van der Waals surface area contributed by atoms with Crippen LogP contribution in [0.5, 0.6) is 5.75 Å². The Hall–Kier alpha value is -1.83. The van der Waals surface area contributed by atoms with E-state index in [0.29, 0.717) is 5.33 Å². The number of aromatic nitrogens is 2. The molecule has 0 radical (unpaired) electrons. The van der Waals surface area contributed by atoms with Crippen LogP contribution in [0.15, 0.2) is 35.1 Å². The number of ether oxygens (including phenoxy) is 1. The van der Waals surface area contributed by atoms with E-state index in [1.807, 2.05) is 0 Å². The van der Waals surface area contributed by atoms with E-state index in [-0.39, 0.29) is 23.6 Å². The lowest BCUT2D eigenvalue weighted by atomic mass is 10.1. The van der Waals surface area contributed by atoms with E-state index >= 15 is 0 Å². The lowest BCUT2D eigenvalue weighted by molar-refractivity contribution is -0.138. The van der Waals surface area contributed by atoms with E-state index < -0.39 is 17.3 Å². The quantitative estimate of drug-likeness (QED) is 0.849. The maximum Gasteiger partial charge on any atom is 0.419 e. The smallest absolute Gasteiger partial charge is 0.419 e. The predicted molar refractivity (Wildman–Crippen MR) is 74.6 cm³/mol. The molecule has 0 amide bonds. The van der Waals surface area contributed by atoms with Gasteiger partial charge < -0.3 is 4.74 Å². The molecule has 0 bridgehead atoms. The van der Waals surface area contributed by atoms with Crippen LogP contribution >= 0.6 is 15.9 Å². The van der Waals surface area contributed by atoms with E-state index in [0.717, 1.165) is 6.07 Å². The number of H-pyrrole nitrogens is 1. The Morgan fingerprint density at radius 2 is 2.00 bits per heavy atom. The van der Waals surface area contributed by atoms with E-state index in [2.05, 4.69) is 26.1 Å². The topological polar surface area (TPSA) is 55.0 Å². The van der Waals surface area contributed by atoms with Gasteiger partial charge >= 0.3 is 6.18 Å². The van der Waals surface area contributed by atoms with Crippen LogP contribution in [-0.2, 0) is 6.18 Å².